The molecular formula is C27H29N5O3S2. The van der Waals surface area contributed by atoms with E-state index in [1.165, 1.54) is 17.3 Å². The third-order valence-electron chi connectivity index (χ3n) is 6.73. The molecule has 1 amide bonds. The van der Waals surface area contributed by atoms with Crippen molar-refractivity contribution in [1.29, 1.82) is 0 Å². The third-order valence-corrected chi connectivity index (χ3v) is 8.92. The maximum Gasteiger partial charge on any atom is 0.234 e. The molecule has 192 valence electrons. The van der Waals surface area contributed by atoms with Crippen molar-refractivity contribution in [2.24, 2.45) is 0 Å². The average molecular weight is 536 g/mol. The van der Waals surface area contributed by atoms with Gasteiger partial charge in [0.05, 0.1) is 41.4 Å². The number of benzene rings is 1. The third kappa shape index (κ3) is 4.90. The van der Waals surface area contributed by atoms with Gasteiger partial charge in [0.1, 0.15) is 22.0 Å². The van der Waals surface area contributed by atoms with Gasteiger partial charge in [-0.2, -0.15) is 0 Å². The van der Waals surface area contributed by atoms with Crippen molar-refractivity contribution in [2.75, 3.05) is 42.3 Å². The number of thiophene rings is 1. The SMILES string of the molecule is Cc1cccc(NC(=O)CSc2ncnc3c2sc2nc(N4CCOCC4)c4c(c23)CC(C)(C)OC4)c1. The van der Waals surface area contributed by atoms with E-state index in [0.717, 1.165) is 67.6 Å². The van der Waals surface area contributed by atoms with Crippen LogP contribution >= 0.6 is 23.1 Å². The van der Waals surface area contributed by atoms with Crippen LogP contribution in [0.1, 0.15) is 30.5 Å². The lowest BCUT2D eigenvalue weighted by Gasteiger charge is -2.36. The lowest BCUT2D eigenvalue weighted by atomic mass is 9.90. The smallest absolute Gasteiger partial charge is 0.234 e. The molecule has 0 unspecified atom stereocenters. The van der Waals surface area contributed by atoms with E-state index in [-0.39, 0.29) is 17.3 Å². The van der Waals surface area contributed by atoms with Crippen molar-refractivity contribution in [2.45, 2.75) is 44.4 Å². The molecule has 1 aromatic carbocycles. The first-order chi connectivity index (χ1) is 17.9. The number of aromatic nitrogens is 3. The number of carbonyl (C=O) groups excluding carboxylic acids is 1. The van der Waals surface area contributed by atoms with Crippen LogP contribution in [0.3, 0.4) is 0 Å². The molecule has 37 heavy (non-hydrogen) atoms. The maximum atomic E-state index is 12.7. The standard InChI is InChI=1S/C27H29N5O3S2/c1-16-5-4-6-17(11-16)30-20(33)14-36-26-23-22(28-15-29-26)21-18-12-27(2,3)35-13-19(18)24(31-25(21)37-23)32-7-9-34-10-8-32/h4-6,11,15H,7-10,12-14H2,1-3H3,(H,30,33). The van der Waals surface area contributed by atoms with E-state index in [2.05, 4.69) is 29.0 Å². The molecule has 0 atom stereocenters. The van der Waals surface area contributed by atoms with Gasteiger partial charge in [-0.15, -0.1) is 11.3 Å². The van der Waals surface area contributed by atoms with Gasteiger partial charge in [0.15, 0.2) is 0 Å². The second-order valence-corrected chi connectivity index (χ2v) is 12.0. The van der Waals surface area contributed by atoms with E-state index in [9.17, 15) is 4.79 Å². The van der Waals surface area contributed by atoms with Gasteiger partial charge >= 0.3 is 0 Å². The lowest BCUT2D eigenvalue weighted by Crippen LogP contribution is -2.39. The Morgan fingerprint density at radius 2 is 2.05 bits per heavy atom. The number of amides is 1. The Hall–Kier alpha value is -2.79. The molecule has 1 fully saturated rings. The zero-order valence-corrected chi connectivity index (χ0v) is 22.8. The molecule has 0 spiro atoms. The van der Waals surface area contributed by atoms with Gasteiger partial charge in [-0.05, 0) is 44.0 Å². The Balaban J connectivity index is 1.37. The Bertz CT molecular complexity index is 1500. The summed E-state index contributed by atoms with van der Waals surface area (Å²) in [6, 6.07) is 7.81. The number of ether oxygens (including phenoxy) is 2. The second kappa shape index (κ2) is 9.83. The molecular weight excluding hydrogens is 506 g/mol. The van der Waals surface area contributed by atoms with Crippen LogP contribution < -0.4 is 10.2 Å². The fourth-order valence-corrected chi connectivity index (χ4v) is 6.99. The van der Waals surface area contributed by atoms with Crippen molar-refractivity contribution < 1.29 is 14.3 Å². The minimum Gasteiger partial charge on any atom is -0.378 e. The van der Waals surface area contributed by atoms with Crippen LogP contribution in [0.15, 0.2) is 35.6 Å². The summed E-state index contributed by atoms with van der Waals surface area (Å²) in [6.45, 7) is 9.83. The fraction of sp³-hybridized carbons (Fsp3) is 0.407. The number of pyridine rings is 1. The number of rotatable bonds is 5. The molecule has 2 aliphatic heterocycles. The number of anilines is 2. The molecule has 8 nitrogen and oxygen atoms in total. The van der Waals surface area contributed by atoms with E-state index in [4.69, 9.17) is 19.4 Å². The van der Waals surface area contributed by atoms with Crippen LogP contribution in [0.5, 0.6) is 0 Å². The second-order valence-electron chi connectivity index (χ2n) is 10.1. The van der Waals surface area contributed by atoms with Gasteiger partial charge in [0.2, 0.25) is 5.91 Å². The summed E-state index contributed by atoms with van der Waals surface area (Å²) in [4.78, 5) is 30.3. The summed E-state index contributed by atoms with van der Waals surface area (Å²) in [6.07, 6.45) is 2.39. The van der Waals surface area contributed by atoms with Crippen molar-refractivity contribution in [3.05, 3.63) is 47.3 Å². The Morgan fingerprint density at radius 3 is 2.86 bits per heavy atom. The maximum absolute atomic E-state index is 12.7. The van der Waals surface area contributed by atoms with Gasteiger partial charge in [0.25, 0.3) is 0 Å². The Morgan fingerprint density at radius 1 is 1.22 bits per heavy atom. The van der Waals surface area contributed by atoms with Crippen LogP contribution in [0.4, 0.5) is 11.5 Å². The van der Waals surface area contributed by atoms with Crippen molar-refractivity contribution in [1.82, 2.24) is 15.0 Å². The van der Waals surface area contributed by atoms with Crippen molar-refractivity contribution >= 4 is 60.9 Å². The molecule has 0 saturated carbocycles. The molecule has 0 radical (unpaired) electrons. The summed E-state index contributed by atoms with van der Waals surface area (Å²) in [5, 5.41) is 4.88. The van der Waals surface area contributed by atoms with E-state index in [0.29, 0.717) is 19.8 Å². The van der Waals surface area contributed by atoms with Crippen LogP contribution in [0.2, 0.25) is 0 Å². The average Bonchev–Trinajstić information content (AvgIpc) is 3.26. The number of nitrogens with one attached hydrogen (secondary N) is 1. The predicted octanol–water partition coefficient (Wildman–Crippen LogP) is 4.97. The first-order valence-corrected chi connectivity index (χ1v) is 14.2. The molecule has 3 aromatic heterocycles. The van der Waals surface area contributed by atoms with Gasteiger partial charge in [-0.25, -0.2) is 15.0 Å². The number of hydrogen-bond donors (Lipinski definition) is 1. The van der Waals surface area contributed by atoms with Gasteiger partial charge < -0.3 is 19.7 Å². The number of nitrogens with zero attached hydrogens (tertiary/aromatic N) is 4. The van der Waals surface area contributed by atoms with Crippen LogP contribution in [0, 0.1) is 6.92 Å². The molecule has 0 aliphatic carbocycles. The molecule has 6 rings (SSSR count). The zero-order chi connectivity index (χ0) is 25.6. The summed E-state index contributed by atoms with van der Waals surface area (Å²) < 4.78 is 12.8. The number of morpholine rings is 1. The first kappa shape index (κ1) is 24.5. The van der Waals surface area contributed by atoms with Gasteiger partial charge in [0, 0.05) is 36.1 Å². The molecule has 2 aliphatic rings. The summed E-state index contributed by atoms with van der Waals surface area (Å²) in [7, 11) is 0. The number of carbonyl (C=O) groups is 1. The molecule has 4 aromatic rings. The van der Waals surface area contributed by atoms with Crippen LogP contribution in [-0.4, -0.2) is 58.5 Å². The molecule has 1 saturated heterocycles. The van der Waals surface area contributed by atoms with Gasteiger partial charge in [-0.3, -0.25) is 4.79 Å². The van der Waals surface area contributed by atoms with E-state index < -0.39 is 0 Å². The minimum atomic E-state index is -0.268. The highest BCUT2D eigenvalue weighted by Crippen LogP contribution is 2.44. The van der Waals surface area contributed by atoms with Crippen molar-refractivity contribution in [3.63, 3.8) is 0 Å². The number of thioether (sulfide) groups is 1. The highest BCUT2D eigenvalue weighted by molar-refractivity contribution is 8.00. The monoisotopic (exact) mass is 535 g/mol. The summed E-state index contributed by atoms with van der Waals surface area (Å²) in [5.74, 6) is 1.19. The van der Waals surface area contributed by atoms with Crippen LogP contribution in [0.25, 0.3) is 20.4 Å². The van der Waals surface area contributed by atoms with E-state index >= 15 is 0 Å². The van der Waals surface area contributed by atoms with E-state index in [1.807, 2.05) is 31.2 Å². The quantitative estimate of drug-likeness (QED) is 0.283. The normalized spacial score (nSPS) is 17.2. The van der Waals surface area contributed by atoms with Crippen LogP contribution in [-0.2, 0) is 27.3 Å². The lowest BCUT2D eigenvalue weighted by molar-refractivity contribution is -0.113. The molecule has 0 bridgehead atoms. The Labute approximate surface area is 223 Å². The summed E-state index contributed by atoms with van der Waals surface area (Å²) >= 11 is 3.04. The van der Waals surface area contributed by atoms with Gasteiger partial charge in [-0.1, -0.05) is 23.9 Å². The number of hydrogen-bond acceptors (Lipinski definition) is 9. The zero-order valence-electron chi connectivity index (χ0n) is 21.2. The molecule has 1 N–H and O–H groups in total. The number of fused-ring (bicyclic) bond motifs is 5. The van der Waals surface area contributed by atoms with E-state index in [1.54, 1.807) is 17.7 Å². The summed E-state index contributed by atoms with van der Waals surface area (Å²) in [5.41, 5.74) is 4.97. The first-order valence-electron chi connectivity index (χ1n) is 12.4. The largest absolute Gasteiger partial charge is 0.378 e. The highest BCUT2D eigenvalue weighted by Gasteiger charge is 2.33. The number of aryl methyl sites for hydroxylation is 1. The molecule has 5 heterocycles. The topological polar surface area (TPSA) is 89.5 Å². The Kier molecular flexibility index (Phi) is 6.52. The van der Waals surface area contributed by atoms with Crippen molar-refractivity contribution in [3.8, 4) is 0 Å². The fourth-order valence-electron chi connectivity index (χ4n) is 4.96. The minimum absolute atomic E-state index is 0.0625. The highest BCUT2D eigenvalue weighted by atomic mass is 32.2. The molecule has 10 heteroatoms. The predicted molar refractivity (Wildman–Crippen MR) is 149 cm³/mol.